The first-order valence-corrected chi connectivity index (χ1v) is 6.30. The van der Waals surface area contributed by atoms with Crippen molar-refractivity contribution >= 4 is 15.7 Å². The molecule has 0 aromatic carbocycles. The molecule has 0 aliphatic carbocycles. The van der Waals surface area contributed by atoms with Crippen molar-refractivity contribution in [3.63, 3.8) is 0 Å². The number of nitrogens with zero attached hydrogens (tertiary/aromatic N) is 2. The lowest BCUT2D eigenvalue weighted by atomic mass is 10.1. The summed E-state index contributed by atoms with van der Waals surface area (Å²) in [4.78, 5) is 14.0. The Morgan fingerprint density at radius 3 is 2.59 bits per heavy atom. The maximum atomic E-state index is 11.3. The Kier molecular flexibility index (Phi) is 3.48. The normalized spacial score (nSPS) is 12.4. The molecule has 2 N–H and O–H groups in total. The number of nitrogens with two attached hydrogens (primary N) is 1. The van der Waals surface area contributed by atoms with Crippen LogP contribution in [0.3, 0.4) is 0 Å². The van der Waals surface area contributed by atoms with Crippen molar-refractivity contribution < 1.29 is 13.3 Å². The van der Waals surface area contributed by atoms with Crippen LogP contribution in [0.15, 0.2) is 18.3 Å². The number of aromatic nitrogens is 1. The van der Waals surface area contributed by atoms with E-state index in [4.69, 9.17) is 5.14 Å². The Labute approximate surface area is 98.9 Å². The molecular formula is C9H13N3O4S. The monoisotopic (exact) mass is 259 g/mol. The van der Waals surface area contributed by atoms with Gasteiger partial charge < -0.3 is 0 Å². The van der Waals surface area contributed by atoms with E-state index in [1.807, 2.05) is 0 Å². The summed E-state index contributed by atoms with van der Waals surface area (Å²) < 4.78 is 21.3. The van der Waals surface area contributed by atoms with Crippen LogP contribution < -0.4 is 5.14 Å². The summed E-state index contributed by atoms with van der Waals surface area (Å²) in [6.07, 6.45) is 1.27. The first kappa shape index (κ1) is 13.5. The Morgan fingerprint density at radius 2 is 2.12 bits per heavy atom. The molecule has 0 fully saturated rings. The van der Waals surface area contributed by atoms with Crippen molar-refractivity contribution in [1.82, 2.24) is 4.98 Å². The van der Waals surface area contributed by atoms with Gasteiger partial charge in [-0.3, -0.25) is 15.1 Å². The van der Waals surface area contributed by atoms with E-state index >= 15 is 0 Å². The van der Waals surface area contributed by atoms with E-state index in [1.165, 1.54) is 32.2 Å². The zero-order valence-electron chi connectivity index (χ0n) is 9.45. The van der Waals surface area contributed by atoms with E-state index in [-0.39, 0.29) is 17.8 Å². The molecule has 1 rings (SSSR count). The largest absolute Gasteiger partial charge is 0.290 e. The molecule has 0 saturated heterocycles. The van der Waals surface area contributed by atoms with Gasteiger partial charge in [0.15, 0.2) is 0 Å². The second kappa shape index (κ2) is 4.38. The summed E-state index contributed by atoms with van der Waals surface area (Å²) in [5, 5.41) is 15.8. The van der Waals surface area contributed by atoms with Gasteiger partial charge >= 0.3 is 0 Å². The quantitative estimate of drug-likeness (QED) is 0.627. The number of rotatable bonds is 4. The lowest BCUT2D eigenvalue weighted by molar-refractivity contribution is -0.386. The van der Waals surface area contributed by atoms with Crippen LogP contribution >= 0.6 is 0 Å². The smallest absolute Gasteiger partial charge is 0.258 e. The summed E-state index contributed by atoms with van der Waals surface area (Å²) in [6.45, 7) is 2.81. The molecule has 0 aliphatic rings. The molecule has 0 atom stereocenters. The maximum absolute atomic E-state index is 11.3. The fraction of sp³-hybridized carbons (Fsp3) is 0.444. The van der Waals surface area contributed by atoms with Gasteiger partial charge in [-0.15, -0.1) is 0 Å². The Morgan fingerprint density at radius 1 is 1.53 bits per heavy atom. The third kappa shape index (κ3) is 2.98. The van der Waals surface area contributed by atoms with Crippen molar-refractivity contribution in [3.8, 4) is 0 Å². The molecule has 1 aromatic rings. The van der Waals surface area contributed by atoms with Crippen molar-refractivity contribution in [2.75, 3.05) is 0 Å². The van der Waals surface area contributed by atoms with E-state index in [0.717, 1.165) is 0 Å². The van der Waals surface area contributed by atoms with E-state index in [2.05, 4.69) is 4.98 Å². The van der Waals surface area contributed by atoms with Crippen LogP contribution in [0, 0.1) is 10.1 Å². The maximum Gasteiger partial charge on any atom is 0.290 e. The minimum Gasteiger partial charge on any atom is -0.258 e. The van der Waals surface area contributed by atoms with Crippen LogP contribution in [0.2, 0.25) is 0 Å². The van der Waals surface area contributed by atoms with Gasteiger partial charge in [0.05, 0.1) is 9.67 Å². The SMILES string of the molecule is CC(C)(Cc1ncccc1[N+](=O)[O-])S(N)(=O)=O. The van der Waals surface area contributed by atoms with Crippen molar-refractivity contribution in [3.05, 3.63) is 34.1 Å². The van der Waals surface area contributed by atoms with Gasteiger partial charge in [0.1, 0.15) is 5.69 Å². The molecule has 17 heavy (non-hydrogen) atoms. The zero-order chi connectivity index (χ0) is 13.3. The van der Waals surface area contributed by atoms with E-state index in [1.54, 1.807) is 0 Å². The van der Waals surface area contributed by atoms with Gasteiger partial charge in [0.2, 0.25) is 10.0 Å². The Balaban J connectivity index is 3.17. The van der Waals surface area contributed by atoms with Gasteiger partial charge in [-0.2, -0.15) is 0 Å². The van der Waals surface area contributed by atoms with Crippen molar-refractivity contribution in [2.24, 2.45) is 5.14 Å². The molecule has 94 valence electrons. The minimum absolute atomic E-state index is 0.108. The molecule has 0 spiro atoms. The number of hydrogen-bond donors (Lipinski definition) is 1. The van der Waals surface area contributed by atoms with Crippen LogP contribution in [-0.2, 0) is 16.4 Å². The standard InChI is InChI=1S/C9H13N3O4S/c1-9(2,17(10,15)16)6-7-8(12(13)14)4-3-5-11-7/h3-5H,6H2,1-2H3,(H2,10,15,16). The average molecular weight is 259 g/mol. The van der Waals surface area contributed by atoms with Gasteiger partial charge in [0.25, 0.3) is 5.69 Å². The highest BCUT2D eigenvalue weighted by Crippen LogP contribution is 2.24. The molecule has 0 bridgehead atoms. The minimum atomic E-state index is -3.81. The Bertz CT molecular complexity index is 539. The summed E-state index contributed by atoms with van der Waals surface area (Å²) in [7, 11) is -3.81. The lowest BCUT2D eigenvalue weighted by Gasteiger charge is -2.20. The topological polar surface area (TPSA) is 116 Å². The van der Waals surface area contributed by atoms with Gasteiger partial charge in [0, 0.05) is 18.7 Å². The molecule has 8 heteroatoms. The summed E-state index contributed by atoms with van der Waals surface area (Å²) in [5.41, 5.74) is -0.0965. The predicted molar refractivity (Wildman–Crippen MR) is 61.8 cm³/mol. The van der Waals surface area contributed by atoms with Crippen LogP contribution in [-0.4, -0.2) is 23.1 Å². The number of hydrogen-bond acceptors (Lipinski definition) is 5. The number of nitro groups is 1. The average Bonchev–Trinajstić information content (AvgIpc) is 2.15. The molecular weight excluding hydrogens is 246 g/mol. The van der Waals surface area contributed by atoms with Crippen LogP contribution in [0.25, 0.3) is 0 Å². The van der Waals surface area contributed by atoms with Crippen LogP contribution in [0.1, 0.15) is 19.5 Å². The molecule has 0 unspecified atom stereocenters. The molecule has 1 heterocycles. The second-order valence-electron chi connectivity index (χ2n) is 4.21. The first-order valence-electron chi connectivity index (χ1n) is 4.76. The fourth-order valence-electron chi connectivity index (χ4n) is 1.24. The molecule has 0 radical (unpaired) electrons. The molecule has 7 nitrogen and oxygen atoms in total. The van der Waals surface area contributed by atoms with Crippen molar-refractivity contribution in [1.29, 1.82) is 0 Å². The highest BCUT2D eigenvalue weighted by Gasteiger charge is 2.34. The predicted octanol–water partition coefficient (Wildman–Crippen LogP) is 0.599. The zero-order valence-corrected chi connectivity index (χ0v) is 10.3. The summed E-state index contributed by atoms with van der Waals surface area (Å²) in [6, 6.07) is 2.70. The second-order valence-corrected chi connectivity index (χ2v) is 6.40. The van der Waals surface area contributed by atoms with E-state index < -0.39 is 19.7 Å². The molecule has 0 amide bonds. The Hall–Kier alpha value is -1.54. The summed E-state index contributed by atoms with van der Waals surface area (Å²) in [5.74, 6) is 0. The highest BCUT2D eigenvalue weighted by atomic mass is 32.2. The number of sulfonamides is 1. The third-order valence-electron chi connectivity index (χ3n) is 2.43. The molecule has 0 aliphatic heterocycles. The van der Waals surface area contributed by atoms with Gasteiger partial charge in [-0.1, -0.05) is 0 Å². The molecule has 1 aromatic heterocycles. The highest BCUT2D eigenvalue weighted by molar-refractivity contribution is 7.90. The van der Waals surface area contributed by atoms with E-state index in [9.17, 15) is 18.5 Å². The van der Waals surface area contributed by atoms with Crippen molar-refractivity contribution in [2.45, 2.75) is 25.0 Å². The lowest BCUT2D eigenvalue weighted by Crippen LogP contribution is -2.40. The number of primary sulfonamides is 1. The molecule has 0 saturated carbocycles. The van der Waals surface area contributed by atoms with Gasteiger partial charge in [-0.25, -0.2) is 13.6 Å². The van der Waals surface area contributed by atoms with Crippen LogP contribution in [0.5, 0.6) is 0 Å². The van der Waals surface area contributed by atoms with E-state index in [0.29, 0.717) is 0 Å². The third-order valence-corrected chi connectivity index (χ3v) is 4.11. The van der Waals surface area contributed by atoms with Crippen LogP contribution in [0.4, 0.5) is 5.69 Å². The first-order chi connectivity index (χ1) is 7.65. The number of pyridine rings is 1. The fourth-order valence-corrected chi connectivity index (χ4v) is 1.57. The van der Waals surface area contributed by atoms with Gasteiger partial charge in [-0.05, 0) is 19.9 Å². The summed E-state index contributed by atoms with van der Waals surface area (Å²) >= 11 is 0.